The third kappa shape index (κ3) is 5.93. The van der Waals surface area contributed by atoms with Gasteiger partial charge < -0.3 is 20.5 Å². The molecule has 24 heavy (non-hydrogen) atoms. The SMILES string of the molecule is CC(C)OC(=O)NCc1ccc(NCc2ccc(CO)cc2)cc1. The first-order valence-corrected chi connectivity index (χ1v) is 8.03. The molecule has 3 N–H and O–H groups in total. The second kappa shape index (κ2) is 8.93. The lowest BCUT2D eigenvalue weighted by Gasteiger charge is -2.10. The van der Waals surface area contributed by atoms with Crippen LogP contribution in [0, 0.1) is 0 Å². The summed E-state index contributed by atoms with van der Waals surface area (Å²) in [5, 5.41) is 15.1. The predicted octanol–water partition coefficient (Wildman–Crippen LogP) is 3.43. The van der Waals surface area contributed by atoms with Crippen LogP contribution in [0.4, 0.5) is 10.5 Å². The van der Waals surface area contributed by atoms with Crippen molar-refractivity contribution in [3.05, 3.63) is 65.2 Å². The van der Waals surface area contributed by atoms with Crippen molar-refractivity contribution in [3.8, 4) is 0 Å². The molecule has 0 atom stereocenters. The molecule has 128 valence electrons. The molecular formula is C19H24N2O3. The van der Waals surface area contributed by atoms with Crippen molar-refractivity contribution in [1.82, 2.24) is 5.32 Å². The van der Waals surface area contributed by atoms with Gasteiger partial charge in [0.15, 0.2) is 0 Å². The number of hydrogen-bond acceptors (Lipinski definition) is 4. The number of benzene rings is 2. The van der Waals surface area contributed by atoms with E-state index in [1.807, 2.05) is 62.4 Å². The second-order valence-corrected chi connectivity index (χ2v) is 5.83. The van der Waals surface area contributed by atoms with Crippen LogP contribution in [0.25, 0.3) is 0 Å². The normalized spacial score (nSPS) is 10.5. The van der Waals surface area contributed by atoms with Crippen LogP contribution >= 0.6 is 0 Å². The molecule has 0 spiro atoms. The number of nitrogens with one attached hydrogen (secondary N) is 2. The minimum atomic E-state index is -0.404. The summed E-state index contributed by atoms with van der Waals surface area (Å²) >= 11 is 0. The fourth-order valence-corrected chi connectivity index (χ4v) is 2.14. The van der Waals surface area contributed by atoms with E-state index >= 15 is 0 Å². The summed E-state index contributed by atoms with van der Waals surface area (Å²) in [5.74, 6) is 0. The zero-order valence-electron chi connectivity index (χ0n) is 14.1. The van der Waals surface area contributed by atoms with Gasteiger partial charge >= 0.3 is 6.09 Å². The summed E-state index contributed by atoms with van der Waals surface area (Å²) < 4.78 is 5.02. The van der Waals surface area contributed by atoms with Crippen LogP contribution in [-0.4, -0.2) is 17.3 Å². The third-order valence-electron chi connectivity index (χ3n) is 3.44. The number of hydrogen-bond donors (Lipinski definition) is 3. The van der Waals surface area contributed by atoms with Gasteiger partial charge in [-0.3, -0.25) is 0 Å². The molecule has 0 radical (unpaired) electrons. The lowest BCUT2D eigenvalue weighted by atomic mass is 10.1. The number of anilines is 1. The van der Waals surface area contributed by atoms with Crippen molar-refractivity contribution in [2.24, 2.45) is 0 Å². The van der Waals surface area contributed by atoms with Crippen molar-refractivity contribution in [3.63, 3.8) is 0 Å². The monoisotopic (exact) mass is 328 g/mol. The summed E-state index contributed by atoms with van der Waals surface area (Å²) in [6, 6.07) is 15.7. The molecule has 2 aromatic carbocycles. The Morgan fingerprint density at radius 3 is 2.08 bits per heavy atom. The van der Waals surface area contributed by atoms with Crippen LogP contribution < -0.4 is 10.6 Å². The van der Waals surface area contributed by atoms with Crippen molar-refractivity contribution in [2.45, 2.75) is 39.6 Å². The number of alkyl carbamates (subject to hydrolysis) is 1. The summed E-state index contributed by atoms with van der Waals surface area (Å²) in [6.07, 6.45) is -0.526. The number of carbonyl (C=O) groups is 1. The zero-order valence-corrected chi connectivity index (χ0v) is 14.1. The van der Waals surface area contributed by atoms with E-state index in [1.165, 1.54) is 0 Å². The maximum Gasteiger partial charge on any atom is 0.407 e. The van der Waals surface area contributed by atoms with E-state index in [0.29, 0.717) is 13.1 Å². The fourth-order valence-electron chi connectivity index (χ4n) is 2.14. The number of aliphatic hydroxyl groups excluding tert-OH is 1. The van der Waals surface area contributed by atoms with E-state index in [0.717, 1.165) is 22.4 Å². The van der Waals surface area contributed by atoms with Crippen LogP contribution in [-0.2, 0) is 24.4 Å². The Bertz CT molecular complexity index is 637. The minimum absolute atomic E-state index is 0.0634. The quantitative estimate of drug-likeness (QED) is 0.728. The highest BCUT2D eigenvalue weighted by Gasteiger charge is 2.04. The molecule has 0 fully saturated rings. The van der Waals surface area contributed by atoms with Gasteiger partial charge in [-0.15, -0.1) is 0 Å². The van der Waals surface area contributed by atoms with Gasteiger partial charge in [-0.1, -0.05) is 36.4 Å². The molecule has 0 saturated carbocycles. The first-order valence-electron chi connectivity index (χ1n) is 8.03. The Morgan fingerprint density at radius 2 is 1.50 bits per heavy atom. The highest BCUT2D eigenvalue weighted by Crippen LogP contribution is 2.12. The van der Waals surface area contributed by atoms with Crippen LogP contribution in [0.2, 0.25) is 0 Å². The van der Waals surface area contributed by atoms with E-state index in [-0.39, 0.29) is 12.7 Å². The Morgan fingerprint density at radius 1 is 0.958 bits per heavy atom. The summed E-state index contributed by atoms with van der Waals surface area (Å²) in [4.78, 5) is 11.4. The molecule has 5 heteroatoms. The average molecular weight is 328 g/mol. The van der Waals surface area contributed by atoms with Crippen LogP contribution in [0.3, 0.4) is 0 Å². The smallest absolute Gasteiger partial charge is 0.407 e. The zero-order chi connectivity index (χ0) is 17.4. The van der Waals surface area contributed by atoms with E-state index in [2.05, 4.69) is 10.6 Å². The molecule has 0 heterocycles. The van der Waals surface area contributed by atoms with Crippen LogP contribution in [0.15, 0.2) is 48.5 Å². The summed E-state index contributed by atoms with van der Waals surface area (Å²) in [5.41, 5.74) is 4.07. The highest BCUT2D eigenvalue weighted by atomic mass is 16.6. The van der Waals surface area contributed by atoms with Crippen molar-refractivity contribution >= 4 is 11.8 Å². The van der Waals surface area contributed by atoms with E-state index in [1.54, 1.807) is 0 Å². The summed E-state index contributed by atoms with van der Waals surface area (Å²) in [6.45, 7) is 4.85. The van der Waals surface area contributed by atoms with Gasteiger partial charge in [0.25, 0.3) is 0 Å². The topological polar surface area (TPSA) is 70.6 Å². The van der Waals surface area contributed by atoms with Crippen LogP contribution in [0.5, 0.6) is 0 Å². The van der Waals surface area contributed by atoms with Gasteiger partial charge in [0, 0.05) is 18.8 Å². The van der Waals surface area contributed by atoms with E-state index in [9.17, 15) is 4.79 Å². The summed E-state index contributed by atoms with van der Waals surface area (Å²) in [7, 11) is 0. The molecule has 0 aliphatic rings. The molecule has 0 unspecified atom stereocenters. The standard InChI is InChI=1S/C19H24N2O3/c1-14(2)24-19(23)21-12-16-7-9-18(10-8-16)20-11-15-3-5-17(13-22)6-4-15/h3-10,14,20,22H,11-13H2,1-2H3,(H,21,23). The fraction of sp³-hybridized carbons (Fsp3) is 0.316. The number of amides is 1. The van der Waals surface area contributed by atoms with Gasteiger partial charge in [-0.05, 0) is 42.7 Å². The molecule has 0 saturated heterocycles. The van der Waals surface area contributed by atoms with Crippen molar-refractivity contribution in [1.29, 1.82) is 0 Å². The van der Waals surface area contributed by atoms with E-state index < -0.39 is 6.09 Å². The lowest BCUT2D eigenvalue weighted by molar-refractivity contribution is 0.115. The van der Waals surface area contributed by atoms with E-state index in [4.69, 9.17) is 9.84 Å². The first kappa shape index (κ1) is 17.8. The Balaban J connectivity index is 1.79. The number of ether oxygens (including phenoxy) is 1. The molecule has 2 aromatic rings. The second-order valence-electron chi connectivity index (χ2n) is 5.83. The number of rotatable bonds is 7. The van der Waals surface area contributed by atoms with Gasteiger partial charge in [-0.25, -0.2) is 4.79 Å². The largest absolute Gasteiger partial charge is 0.447 e. The van der Waals surface area contributed by atoms with Crippen molar-refractivity contribution < 1.29 is 14.6 Å². The molecule has 1 amide bonds. The Hall–Kier alpha value is -2.53. The lowest BCUT2D eigenvalue weighted by Crippen LogP contribution is -2.26. The molecule has 0 aliphatic carbocycles. The van der Waals surface area contributed by atoms with Crippen molar-refractivity contribution in [2.75, 3.05) is 5.32 Å². The highest BCUT2D eigenvalue weighted by molar-refractivity contribution is 5.67. The molecule has 0 aromatic heterocycles. The first-order chi connectivity index (χ1) is 11.6. The maximum absolute atomic E-state index is 11.4. The van der Waals surface area contributed by atoms with Gasteiger partial charge in [0.1, 0.15) is 0 Å². The predicted molar refractivity (Wildman–Crippen MR) is 94.6 cm³/mol. The van der Waals surface area contributed by atoms with Gasteiger partial charge in [0.05, 0.1) is 12.7 Å². The number of aliphatic hydroxyl groups is 1. The molecule has 5 nitrogen and oxygen atoms in total. The molecule has 0 bridgehead atoms. The van der Waals surface area contributed by atoms with Crippen LogP contribution in [0.1, 0.15) is 30.5 Å². The number of carbonyl (C=O) groups excluding carboxylic acids is 1. The minimum Gasteiger partial charge on any atom is -0.447 e. The van der Waals surface area contributed by atoms with Gasteiger partial charge in [0.2, 0.25) is 0 Å². The third-order valence-corrected chi connectivity index (χ3v) is 3.44. The van der Waals surface area contributed by atoms with Gasteiger partial charge in [-0.2, -0.15) is 0 Å². The average Bonchev–Trinajstić information content (AvgIpc) is 2.59. The Kier molecular flexibility index (Phi) is 6.63. The molecular weight excluding hydrogens is 304 g/mol. The molecule has 0 aliphatic heterocycles. The maximum atomic E-state index is 11.4. The molecule has 2 rings (SSSR count). The Labute approximate surface area is 142 Å².